The summed E-state index contributed by atoms with van der Waals surface area (Å²) in [5, 5.41) is 9.41. The van der Waals surface area contributed by atoms with E-state index in [1.54, 1.807) is 0 Å². The van der Waals surface area contributed by atoms with Crippen molar-refractivity contribution in [2.75, 3.05) is 0 Å². The van der Waals surface area contributed by atoms with Gasteiger partial charge in [-0.15, -0.1) is 0 Å². The van der Waals surface area contributed by atoms with E-state index in [2.05, 4.69) is 10.9 Å². The molecular weight excluding hydrogens is 126 g/mol. The second-order valence-corrected chi connectivity index (χ2v) is 3.06. The smallest absolute Gasteiger partial charge is 0.255 e. The first kappa shape index (κ1) is 5.94. The van der Waals surface area contributed by atoms with Gasteiger partial charge in [-0.2, -0.15) is 0 Å². The number of aliphatic hydroxyl groups excluding tert-OH is 1. The highest BCUT2D eigenvalue weighted by Crippen LogP contribution is 2.40. The van der Waals surface area contributed by atoms with Crippen molar-refractivity contribution in [1.29, 1.82) is 0 Å². The van der Waals surface area contributed by atoms with Crippen molar-refractivity contribution in [3.05, 3.63) is 23.6 Å². The predicted molar refractivity (Wildman–Crippen MR) is 37.1 cm³/mol. The normalized spacial score (nSPS) is 49.6. The van der Waals surface area contributed by atoms with Crippen LogP contribution in [0.1, 0.15) is 6.42 Å². The summed E-state index contributed by atoms with van der Waals surface area (Å²) in [6, 6.07) is -0.144. The van der Waals surface area contributed by atoms with Gasteiger partial charge in [0.1, 0.15) is 6.10 Å². The van der Waals surface area contributed by atoms with Crippen LogP contribution in [-0.2, 0) is 0 Å². The van der Waals surface area contributed by atoms with Crippen molar-refractivity contribution in [2.45, 2.75) is 18.6 Å². The van der Waals surface area contributed by atoms with Crippen molar-refractivity contribution >= 4 is 0 Å². The summed E-state index contributed by atoms with van der Waals surface area (Å²) in [6.45, 7) is 6.82. The number of hydrogen-bond acceptors (Lipinski definition) is 1. The third-order valence-corrected chi connectivity index (χ3v) is 2.53. The first-order chi connectivity index (χ1) is 4.83. The molecule has 1 N–H and O–H groups in total. The Balaban J connectivity index is 2.28. The molecule has 2 rings (SSSR count). The van der Waals surface area contributed by atoms with Gasteiger partial charge in [0.2, 0.25) is 0 Å². The van der Waals surface area contributed by atoms with E-state index < -0.39 is 0 Å². The van der Waals surface area contributed by atoms with Gasteiger partial charge in [-0.25, -0.2) is 6.57 Å². The third kappa shape index (κ3) is 0.559. The number of hydrogen-bond donors (Lipinski definition) is 1. The molecule has 10 heavy (non-hydrogen) atoms. The topological polar surface area (TPSA) is 24.6 Å². The summed E-state index contributed by atoms with van der Waals surface area (Å²) in [7, 11) is 0. The summed E-state index contributed by atoms with van der Waals surface area (Å²) in [4.78, 5) is 3.40. The number of aliphatic hydroxyl groups is 1. The van der Waals surface area contributed by atoms with E-state index in [0.717, 1.165) is 6.42 Å². The van der Waals surface area contributed by atoms with Crippen LogP contribution in [0.5, 0.6) is 0 Å². The van der Waals surface area contributed by atoms with Crippen LogP contribution in [0.25, 0.3) is 4.85 Å². The van der Waals surface area contributed by atoms with Gasteiger partial charge >= 0.3 is 0 Å². The summed E-state index contributed by atoms with van der Waals surface area (Å²) < 4.78 is 0. The van der Waals surface area contributed by atoms with Gasteiger partial charge < -0.3 is 9.95 Å². The molecule has 2 aliphatic rings. The lowest BCUT2D eigenvalue weighted by molar-refractivity contribution is 0.142. The van der Waals surface area contributed by atoms with E-state index in [4.69, 9.17) is 6.57 Å². The molecule has 4 atom stereocenters. The van der Waals surface area contributed by atoms with E-state index in [-0.39, 0.29) is 18.1 Å². The van der Waals surface area contributed by atoms with Gasteiger partial charge in [0.15, 0.2) is 0 Å². The van der Waals surface area contributed by atoms with E-state index in [1.165, 1.54) is 0 Å². The Morgan fingerprint density at radius 3 is 2.50 bits per heavy atom. The fourth-order valence-electron chi connectivity index (χ4n) is 1.94. The Morgan fingerprint density at radius 1 is 1.40 bits per heavy atom. The maximum absolute atomic E-state index is 9.41. The summed E-state index contributed by atoms with van der Waals surface area (Å²) >= 11 is 0. The molecule has 0 aromatic rings. The van der Waals surface area contributed by atoms with E-state index in [0.29, 0.717) is 5.92 Å². The molecule has 2 heteroatoms. The molecule has 0 aliphatic heterocycles. The van der Waals surface area contributed by atoms with Crippen LogP contribution in [0.3, 0.4) is 0 Å². The SMILES string of the molecule is [C-]#[N+]C1C2C=CC(C2)C1O. The first-order valence-electron chi connectivity index (χ1n) is 3.56. The standard InChI is InChI=1S/C8H9NO/c1-9-7-5-2-3-6(4-5)8(7)10/h2-3,5-8,10H,4H2. The highest BCUT2D eigenvalue weighted by atomic mass is 16.3. The Kier molecular flexibility index (Phi) is 1.09. The Hall–Kier alpha value is -0.810. The lowest BCUT2D eigenvalue weighted by Gasteiger charge is -2.12. The van der Waals surface area contributed by atoms with Crippen molar-refractivity contribution in [3.8, 4) is 0 Å². The molecule has 1 fully saturated rings. The van der Waals surface area contributed by atoms with Crippen molar-refractivity contribution in [2.24, 2.45) is 11.8 Å². The second-order valence-electron chi connectivity index (χ2n) is 3.06. The number of rotatable bonds is 0. The Morgan fingerprint density at radius 2 is 2.10 bits per heavy atom. The zero-order chi connectivity index (χ0) is 7.14. The lowest BCUT2D eigenvalue weighted by Crippen LogP contribution is -2.26. The zero-order valence-corrected chi connectivity index (χ0v) is 5.57. The van der Waals surface area contributed by atoms with Gasteiger partial charge in [0, 0.05) is 5.92 Å². The molecule has 0 aromatic carbocycles. The summed E-state index contributed by atoms with van der Waals surface area (Å²) in [5.74, 6) is 0.626. The van der Waals surface area contributed by atoms with E-state index in [9.17, 15) is 5.11 Å². The molecular formula is C8H9NO. The average Bonchev–Trinajstić information content (AvgIpc) is 2.46. The molecule has 2 aliphatic carbocycles. The minimum Gasteiger partial charge on any atom is -0.384 e. The second kappa shape index (κ2) is 1.83. The van der Waals surface area contributed by atoms with Gasteiger partial charge in [0.05, 0.1) is 5.92 Å². The minimum absolute atomic E-state index is 0.144. The molecule has 0 radical (unpaired) electrons. The first-order valence-corrected chi connectivity index (χ1v) is 3.56. The van der Waals surface area contributed by atoms with Crippen LogP contribution in [0.15, 0.2) is 12.2 Å². The maximum atomic E-state index is 9.41. The van der Waals surface area contributed by atoms with Gasteiger partial charge in [-0.05, 0) is 6.42 Å². The Bertz CT molecular complexity index is 216. The molecule has 0 spiro atoms. The molecule has 0 amide bonds. The van der Waals surface area contributed by atoms with Crippen LogP contribution in [0, 0.1) is 18.4 Å². The number of nitrogens with zero attached hydrogens (tertiary/aromatic N) is 1. The van der Waals surface area contributed by atoms with Crippen molar-refractivity contribution in [1.82, 2.24) is 0 Å². The molecule has 4 unspecified atom stereocenters. The van der Waals surface area contributed by atoms with Crippen LogP contribution in [-0.4, -0.2) is 17.3 Å². The van der Waals surface area contributed by atoms with Gasteiger partial charge in [-0.1, -0.05) is 12.2 Å². The van der Waals surface area contributed by atoms with Crippen molar-refractivity contribution in [3.63, 3.8) is 0 Å². The van der Waals surface area contributed by atoms with Gasteiger partial charge in [-0.3, -0.25) is 0 Å². The molecule has 0 heterocycles. The fraction of sp³-hybridized carbons (Fsp3) is 0.625. The Labute approximate surface area is 60.0 Å². The molecule has 52 valence electrons. The molecule has 0 aromatic heterocycles. The molecule has 0 saturated heterocycles. The minimum atomic E-state index is -0.382. The zero-order valence-electron chi connectivity index (χ0n) is 5.57. The third-order valence-electron chi connectivity index (χ3n) is 2.53. The van der Waals surface area contributed by atoms with E-state index in [1.807, 2.05) is 6.08 Å². The van der Waals surface area contributed by atoms with Crippen LogP contribution < -0.4 is 0 Å². The van der Waals surface area contributed by atoms with Gasteiger partial charge in [0.25, 0.3) is 6.04 Å². The molecule has 2 nitrogen and oxygen atoms in total. The fourth-order valence-corrected chi connectivity index (χ4v) is 1.94. The quantitative estimate of drug-likeness (QED) is 0.386. The summed E-state index contributed by atoms with van der Waals surface area (Å²) in [6.07, 6.45) is 4.72. The van der Waals surface area contributed by atoms with Crippen LogP contribution >= 0.6 is 0 Å². The largest absolute Gasteiger partial charge is 0.384 e. The highest BCUT2D eigenvalue weighted by Gasteiger charge is 2.48. The average molecular weight is 135 g/mol. The molecule has 2 bridgehead atoms. The predicted octanol–water partition coefficient (Wildman–Crippen LogP) is 0.841. The summed E-state index contributed by atoms with van der Waals surface area (Å²) in [5.41, 5.74) is 0. The number of fused-ring (bicyclic) bond motifs is 2. The molecule has 1 saturated carbocycles. The van der Waals surface area contributed by atoms with Crippen LogP contribution in [0.4, 0.5) is 0 Å². The van der Waals surface area contributed by atoms with Crippen LogP contribution in [0.2, 0.25) is 0 Å². The van der Waals surface area contributed by atoms with E-state index >= 15 is 0 Å². The maximum Gasteiger partial charge on any atom is 0.255 e. The highest BCUT2D eigenvalue weighted by molar-refractivity contribution is 5.19. The lowest BCUT2D eigenvalue weighted by atomic mass is 10.00. The monoisotopic (exact) mass is 135 g/mol. The van der Waals surface area contributed by atoms with Crippen molar-refractivity contribution < 1.29 is 5.11 Å².